The summed E-state index contributed by atoms with van der Waals surface area (Å²) in [7, 11) is 0. The number of aliphatic hydroxyl groups excluding tert-OH is 1. The summed E-state index contributed by atoms with van der Waals surface area (Å²) in [6, 6.07) is 0. The predicted molar refractivity (Wildman–Crippen MR) is 79.3 cm³/mol. The molecule has 0 saturated carbocycles. The molecule has 0 aliphatic carbocycles. The van der Waals surface area contributed by atoms with Gasteiger partial charge in [-0.3, -0.25) is 0 Å². The van der Waals surface area contributed by atoms with Gasteiger partial charge in [-0.05, 0) is 19.3 Å². The van der Waals surface area contributed by atoms with Crippen LogP contribution in [-0.4, -0.2) is 47.0 Å². The minimum Gasteiger partial charge on any atom is -0.394 e. The van der Waals surface area contributed by atoms with Crippen LogP contribution in [0, 0.1) is 0 Å². The van der Waals surface area contributed by atoms with Crippen molar-refractivity contribution in [3.63, 3.8) is 0 Å². The Morgan fingerprint density at radius 1 is 1.45 bits per heavy atom. The highest BCUT2D eigenvalue weighted by Gasteiger charge is 2.32. The van der Waals surface area contributed by atoms with Crippen molar-refractivity contribution in [3.8, 4) is 0 Å². The molecule has 1 aliphatic rings. The van der Waals surface area contributed by atoms with Gasteiger partial charge in [-0.25, -0.2) is 4.98 Å². The highest BCUT2D eigenvalue weighted by Crippen LogP contribution is 2.28. The third-order valence-corrected chi connectivity index (χ3v) is 3.69. The van der Waals surface area contributed by atoms with E-state index in [-0.39, 0.29) is 6.61 Å². The Morgan fingerprint density at radius 2 is 2.20 bits per heavy atom. The average Bonchev–Trinajstić information content (AvgIpc) is 2.49. The number of aliphatic hydroxyl groups is 1. The third kappa shape index (κ3) is 3.71. The zero-order valence-corrected chi connectivity index (χ0v) is 12.4. The van der Waals surface area contributed by atoms with Gasteiger partial charge in [0, 0.05) is 19.8 Å². The number of halogens is 1. The standard InChI is InChI=1S/C13H21ClN4O2/c1-2-5-15-12-16-8-10(14)11(17-12)18-13(9-19)3-6-20-7-4-13/h8,19H,2-7,9H2,1H3,(H2,15,16,17,18). The SMILES string of the molecule is CCCNc1ncc(Cl)c(NC2(CO)CCOCC2)n1. The van der Waals surface area contributed by atoms with Crippen molar-refractivity contribution in [2.45, 2.75) is 31.7 Å². The number of hydrogen-bond acceptors (Lipinski definition) is 6. The monoisotopic (exact) mass is 300 g/mol. The number of aromatic nitrogens is 2. The Morgan fingerprint density at radius 3 is 2.85 bits per heavy atom. The summed E-state index contributed by atoms with van der Waals surface area (Å²) in [6.07, 6.45) is 4.01. The first-order chi connectivity index (χ1) is 9.69. The van der Waals surface area contributed by atoms with E-state index >= 15 is 0 Å². The fourth-order valence-corrected chi connectivity index (χ4v) is 2.25. The Bertz CT molecular complexity index is 438. The molecule has 0 unspecified atom stereocenters. The van der Waals surface area contributed by atoms with Gasteiger partial charge >= 0.3 is 0 Å². The van der Waals surface area contributed by atoms with Crippen molar-refractivity contribution in [2.75, 3.05) is 37.0 Å². The lowest BCUT2D eigenvalue weighted by molar-refractivity contribution is 0.0378. The number of rotatable bonds is 6. The molecule has 1 aliphatic heterocycles. The van der Waals surface area contributed by atoms with Gasteiger partial charge in [-0.1, -0.05) is 18.5 Å². The zero-order chi connectivity index (χ0) is 14.4. The minimum absolute atomic E-state index is 0.0222. The van der Waals surface area contributed by atoms with Crippen molar-refractivity contribution < 1.29 is 9.84 Å². The van der Waals surface area contributed by atoms with E-state index in [1.807, 2.05) is 0 Å². The van der Waals surface area contributed by atoms with E-state index in [0.29, 0.717) is 30.0 Å². The average molecular weight is 301 g/mol. The smallest absolute Gasteiger partial charge is 0.224 e. The molecule has 7 heteroatoms. The van der Waals surface area contributed by atoms with Gasteiger partial charge in [-0.15, -0.1) is 0 Å². The number of hydrogen-bond donors (Lipinski definition) is 3. The van der Waals surface area contributed by atoms with Crippen LogP contribution < -0.4 is 10.6 Å². The summed E-state index contributed by atoms with van der Waals surface area (Å²) in [4.78, 5) is 8.52. The first-order valence-corrected chi connectivity index (χ1v) is 7.30. The molecule has 1 fully saturated rings. The van der Waals surface area contributed by atoms with Crippen LogP contribution in [0.1, 0.15) is 26.2 Å². The van der Waals surface area contributed by atoms with Gasteiger partial charge < -0.3 is 20.5 Å². The van der Waals surface area contributed by atoms with Crippen LogP contribution in [0.15, 0.2) is 6.20 Å². The molecule has 3 N–H and O–H groups in total. The fraction of sp³-hybridized carbons (Fsp3) is 0.692. The van der Waals surface area contributed by atoms with E-state index in [1.54, 1.807) is 6.20 Å². The summed E-state index contributed by atoms with van der Waals surface area (Å²) >= 11 is 6.14. The van der Waals surface area contributed by atoms with Gasteiger partial charge in [0.25, 0.3) is 0 Å². The molecule has 0 spiro atoms. The minimum atomic E-state index is -0.418. The van der Waals surface area contributed by atoms with E-state index in [9.17, 15) is 5.11 Å². The zero-order valence-electron chi connectivity index (χ0n) is 11.7. The summed E-state index contributed by atoms with van der Waals surface area (Å²) < 4.78 is 5.34. The lowest BCUT2D eigenvalue weighted by Gasteiger charge is -2.37. The molecule has 20 heavy (non-hydrogen) atoms. The topological polar surface area (TPSA) is 79.3 Å². The van der Waals surface area contributed by atoms with Gasteiger partial charge in [-0.2, -0.15) is 4.98 Å². The Labute approximate surface area is 123 Å². The summed E-state index contributed by atoms with van der Waals surface area (Å²) in [5.41, 5.74) is -0.418. The number of ether oxygens (including phenoxy) is 1. The molecule has 1 saturated heterocycles. The Balaban J connectivity index is 2.13. The van der Waals surface area contributed by atoms with Gasteiger partial charge in [0.05, 0.1) is 18.3 Å². The van der Waals surface area contributed by atoms with Crippen LogP contribution in [-0.2, 0) is 4.74 Å². The first-order valence-electron chi connectivity index (χ1n) is 6.92. The second kappa shape index (κ2) is 7.06. The van der Waals surface area contributed by atoms with E-state index in [2.05, 4.69) is 27.5 Å². The summed E-state index contributed by atoms with van der Waals surface area (Å²) in [5, 5.41) is 16.5. The second-order valence-electron chi connectivity index (χ2n) is 4.99. The molecule has 0 aromatic carbocycles. The summed E-state index contributed by atoms with van der Waals surface area (Å²) in [5.74, 6) is 1.09. The molecule has 0 radical (unpaired) electrons. The maximum Gasteiger partial charge on any atom is 0.224 e. The molecule has 0 amide bonds. The molecule has 1 aromatic heterocycles. The largest absolute Gasteiger partial charge is 0.394 e. The molecule has 2 heterocycles. The normalized spacial score (nSPS) is 17.8. The quantitative estimate of drug-likeness (QED) is 0.745. The van der Waals surface area contributed by atoms with E-state index in [1.165, 1.54) is 0 Å². The highest BCUT2D eigenvalue weighted by molar-refractivity contribution is 6.32. The van der Waals surface area contributed by atoms with E-state index in [0.717, 1.165) is 25.8 Å². The predicted octanol–water partition coefficient (Wildman–Crippen LogP) is 1.91. The molecule has 2 rings (SSSR count). The Kier molecular flexibility index (Phi) is 5.39. The van der Waals surface area contributed by atoms with Crippen LogP contribution in [0.3, 0.4) is 0 Å². The highest BCUT2D eigenvalue weighted by atomic mass is 35.5. The molecule has 0 bridgehead atoms. The second-order valence-corrected chi connectivity index (χ2v) is 5.40. The van der Waals surface area contributed by atoms with Gasteiger partial charge in [0.1, 0.15) is 5.02 Å². The molecular weight excluding hydrogens is 280 g/mol. The van der Waals surface area contributed by atoms with Crippen LogP contribution in [0.4, 0.5) is 11.8 Å². The van der Waals surface area contributed by atoms with Crippen molar-refractivity contribution in [3.05, 3.63) is 11.2 Å². The number of nitrogens with one attached hydrogen (secondary N) is 2. The molecule has 112 valence electrons. The lowest BCUT2D eigenvalue weighted by atomic mass is 9.91. The van der Waals surface area contributed by atoms with E-state index in [4.69, 9.17) is 16.3 Å². The fourth-order valence-electron chi connectivity index (χ4n) is 2.11. The number of nitrogens with zero attached hydrogens (tertiary/aromatic N) is 2. The van der Waals surface area contributed by atoms with Crippen LogP contribution in [0.5, 0.6) is 0 Å². The first kappa shape index (κ1) is 15.3. The van der Waals surface area contributed by atoms with Crippen molar-refractivity contribution in [1.29, 1.82) is 0 Å². The molecule has 1 aromatic rings. The lowest BCUT2D eigenvalue weighted by Crippen LogP contribution is -2.47. The van der Waals surface area contributed by atoms with Gasteiger partial charge in [0.2, 0.25) is 5.95 Å². The van der Waals surface area contributed by atoms with Crippen molar-refractivity contribution in [1.82, 2.24) is 9.97 Å². The molecule has 0 atom stereocenters. The van der Waals surface area contributed by atoms with Crippen LogP contribution >= 0.6 is 11.6 Å². The van der Waals surface area contributed by atoms with Crippen LogP contribution in [0.25, 0.3) is 0 Å². The maximum atomic E-state index is 9.68. The van der Waals surface area contributed by atoms with Crippen molar-refractivity contribution >= 4 is 23.4 Å². The number of anilines is 2. The third-order valence-electron chi connectivity index (χ3n) is 3.41. The van der Waals surface area contributed by atoms with Gasteiger partial charge in [0.15, 0.2) is 5.82 Å². The van der Waals surface area contributed by atoms with E-state index < -0.39 is 5.54 Å². The summed E-state index contributed by atoms with van der Waals surface area (Å²) in [6.45, 7) is 4.15. The molecule has 6 nitrogen and oxygen atoms in total. The maximum absolute atomic E-state index is 9.68. The van der Waals surface area contributed by atoms with Crippen molar-refractivity contribution in [2.24, 2.45) is 0 Å². The Hall–Kier alpha value is -1.11. The van der Waals surface area contributed by atoms with Crippen LogP contribution in [0.2, 0.25) is 5.02 Å². The molecular formula is C13H21ClN4O2.